The largest absolute Gasteiger partial charge is 0.462 e. The first kappa shape index (κ1) is 63.9. The van der Waals surface area contributed by atoms with Gasteiger partial charge in [-0.25, -0.2) is 0 Å². The van der Waals surface area contributed by atoms with Gasteiger partial charge >= 0.3 is 11.9 Å². The molecule has 0 bridgehead atoms. The summed E-state index contributed by atoms with van der Waals surface area (Å²) >= 11 is 0. The number of esters is 2. The van der Waals surface area contributed by atoms with Crippen molar-refractivity contribution in [1.82, 2.24) is 0 Å². The molecule has 0 aromatic heterocycles. The standard InChI is InChI=1S/C61H112O5/c1-4-7-10-13-16-19-22-25-28-31-33-36-39-42-45-48-51-54-60(62)65-58-59(57-64-56-53-50-47-44-41-38-35-30-27-24-21-18-15-12-9-6-3)66-61(63)55-52-49-46-43-40-37-34-32-29-26-23-20-17-14-11-8-5-2/h25-26,28-29,34,37,43,46,59H,4-24,27,30-33,35-36,38-42,44-45,47-58H2,1-3H3/b28-25-,29-26-,37-34-,46-43-/t59-/m1/s1. The van der Waals surface area contributed by atoms with Gasteiger partial charge in [0.05, 0.1) is 6.61 Å². The number of carbonyl (C=O) groups is 2. The molecule has 0 aliphatic carbocycles. The SMILES string of the molecule is CCCCCCCC/C=C\C/C=C\C/C=C\CCCC(=O)O[C@H](COCCCCCCCCCCCCCCCCCC)COC(=O)CCCCCCCCC/C=C\CCCCCCCC. The van der Waals surface area contributed by atoms with Gasteiger partial charge in [-0.15, -0.1) is 0 Å². The Morgan fingerprint density at radius 3 is 1.08 bits per heavy atom. The van der Waals surface area contributed by atoms with Crippen molar-refractivity contribution in [3.05, 3.63) is 48.6 Å². The van der Waals surface area contributed by atoms with E-state index in [-0.39, 0.29) is 25.2 Å². The van der Waals surface area contributed by atoms with Crippen LogP contribution in [0.3, 0.4) is 0 Å². The lowest BCUT2D eigenvalue weighted by Gasteiger charge is -2.18. The smallest absolute Gasteiger partial charge is 0.306 e. The van der Waals surface area contributed by atoms with Crippen LogP contribution in [0.15, 0.2) is 48.6 Å². The molecule has 66 heavy (non-hydrogen) atoms. The van der Waals surface area contributed by atoms with Gasteiger partial charge in [0, 0.05) is 19.4 Å². The summed E-state index contributed by atoms with van der Waals surface area (Å²) in [5.41, 5.74) is 0. The average molecular weight is 926 g/mol. The first-order valence-corrected chi connectivity index (χ1v) is 29.2. The maximum Gasteiger partial charge on any atom is 0.306 e. The van der Waals surface area contributed by atoms with E-state index in [1.807, 2.05) is 0 Å². The van der Waals surface area contributed by atoms with Gasteiger partial charge in [-0.2, -0.15) is 0 Å². The van der Waals surface area contributed by atoms with E-state index in [0.29, 0.717) is 19.4 Å². The Bertz CT molecular complexity index is 1090. The molecule has 5 nitrogen and oxygen atoms in total. The van der Waals surface area contributed by atoms with E-state index in [9.17, 15) is 9.59 Å². The third-order valence-electron chi connectivity index (χ3n) is 12.8. The van der Waals surface area contributed by atoms with E-state index < -0.39 is 6.10 Å². The highest BCUT2D eigenvalue weighted by molar-refractivity contribution is 5.70. The fourth-order valence-electron chi connectivity index (χ4n) is 8.46. The molecule has 0 aromatic rings. The van der Waals surface area contributed by atoms with Crippen LogP contribution in [-0.4, -0.2) is 37.9 Å². The van der Waals surface area contributed by atoms with E-state index >= 15 is 0 Å². The van der Waals surface area contributed by atoms with E-state index in [1.165, 1.54) is 212 Å². The second-order valence-electron chi connectivity index (χ2n) is 19.5. The Hall–Kier alpha value is -2.14. The van der Waals surface area contributed by atoms with Crippen molar-refractivity contribution in [2.45, 2.75) is 309 Å². The second kappa shape index (κ2) is 57.2. The Balaban J connectivity index is 4.32. The summed E-state index contributed by atoms with van der Waals surface area (Å²) < 4.78 is 17.4. The van der Waals surface area contributed by atoms with Gasteiger partial charge in [0.2, 0.25) is 0 Å². The van der Waals surface area contributed by atoms with E-state index in [2.05, 4.69) is 69.4 Å². The molecule has 0 saturated carbocycles. The van der Waals surface area contributed by atoms with Crippen LogP contribution < -0.4 is 0 Å². The van der Waals surface area contributed by atoms with Crippen LogP contribution in [0.5, 0.6) is 0 Å². The number of hydrogen-bond acceptors (Lipinski definition) is 5. The van der Waals surface area contributed by atoms with Crippen molar-refractivity contribution in [3.8, 4) is 0 Å². The fraction of sp³-hybridized carbons (Fsp3) is 0.836. The minimum Gasteiger partial charge on any atom is -0.462 e. The predicted octanol–water partition coefficient (Wildman–Crippen LogP) is 19.9. The molecule has 0 aliphatic rings. The van der Waals surface area contributed by atoms with E-state index in [0.717, 1.165) is 57.8 Å². The monoisotopic (exact) mass is 925 g/mol. The highest BCUT2D eigenvalue weighted by Crippen LogP contribution is 2.16. The lowest BCUT2D eigenvalue weighted by molar-refractivity contribution is -0.162. The maximum absolute atomic E-state index is 12.8. The van der Waals surface area contributed by atoms with Crippen LogP contribution in [0.4, 0.5) is 0 Å². The Labute approximate surface area is 412 Å². The van der Waals surface area contributed by atoms with Crippen LogP contribution in [-0.2, 0) is 23.8 Å². The Kier molecular flexibility index (Phi) is 55.3. The molecule has 0 unspecified atom stereocenters. The van der Waals surface area contributed by atoms with Gasteiger partial charge < -0.3 is 14.2 Å². The Morgan fingerprint density at radius 1 is 0.333 bits per heavy atom. The number of unbranched alkanes of at least 4 members (excludes halogenated alkanes) is 35. The van der Waals surface area contributed by atoms with Crippen molar-refractivity contribution in [2.75, 3.05) is 19.8 Å². The number of hydrogen-bond donors (Lipinski definition) is 0. The number of ether oxygens (including phenoxy) is 3. The maximum atomic E-state index is 12.8. The zero-order valence-electron chi connectivity index (χ0n) is 44.5. The molecule has 386 valence electrons. The van der Waals surface area contributed by atoms with Crippen molar-refractivity contribution >= 4 is 11.9 Å². The van der Waals surface area contributed by atoms with Crippen molar-refractivity contribution in [1.29, 1.82) is 0 Å². The third kappa shape index (κ3) is 54.5. The molecule has 0 amide bonds. The van der Waals surface area contributed by atoms with Crippen molar-refractivity contribution in [3.63, 3.8) is 0 Å². The van der Waals surface area contributed by atoms with Crippen LogP contribution in [0.25, 0.3) is 0 Å². The number of allylic oxidation sites excluding steroid dienone is 8. The molecule has 5 heteroatoms. The van der Waals surface area contributed by atoms with Gasteiger partial charge in [-0.1, -0.05) is 262 Å². The summed E-state index contributed by atoms with van der Waals surface area (Å²) in [7, 11) is 0. The molecule has 1 atom stereocenters. The molecule has 0 spiro atoms. The molecule has 0 fully saturated rings. The van der Waals surface area contributed by atoms with Crippen LogP contribution in [0, 0.1) is 0 Å². The summed E-state index contributed by atoms with van der Waals surface area (Å²) in [6, 6.07) is 0. The normalized spacial score (nSPS) is 12.5. The number of carbonyl (C=O) groups excluding carboxylic acids is 2. The first-order chi connectivity index (χ1) is 32.6. The lowest BCUT2D eigenvalue weighted by Crippen LogP contribution is -2.30. The lowest BCUT2D eigenvalue weighted by atomic mass is 10.0. The molecule has 0 heterocycles. The molecular weight excluding hydrogens is 813 g/mol. The number of rotatable bonds is 54. The average Bonchev–Trinajstić information content (AvgIpc) is 3.32. The summed E-state index contributed by atoms with van der Waals surface area (Å²) in [5.74, 6) is -0.447. The molecular formula is C61H112O5. The minimum atomic E-state index is -0.562. The van der Waals surface area contributed by atoms with Gasteiger partial charge in [-0.05, 0) is 77.0 Å². The van der Waals surface area contributed by atoms with Gasteiger partial charge in [0.25, 0.3) is 0 Å². The van der Waals surface area contributed by atoms with E-state index in [1.54, 1.807) is 0 Å². The molecule has 0 aromatic carbocycles. The summed E-state index contributed by atoms with van der Waals surface area (Å²) in [4.78, 5) is 25.5. The van der Waals surface area contributed by atoms with Crippen molar-refractivity contribution in [2.24, 2.45) is 0 Å². The Morgan fingerprint density at radius 2 is 0.652 bits per heavy atom. The molecule has 0 rings (SSSR count). The topological polar surface area (TPSA) is 61.8 Å². The predicted molar refractivity (Wildman–Crippen MR) is 288 cm³/mol. The van der Waals surface area contributed by atoms with Gasteiger partial charge in [0.1, 0.15) is 6.61 Å². The van der Waals surface area contributed by atoms with Crippen LogP contribution in [0.1, 0.15) is 303 Å². The highest BCUT2D eigenvalue weighted by Gasteiger charge is 2.17. The van der Waals surface area contributed by atoms with Crippen molar-refractivity contribution < 1.29 is 23.8 Å². The van der Waals surface area contributed by atoms with E-state index in [4.69, 9.17) is 14.2 Å². The summed E-state index contributed by atoms with van der Waals surface area (Å²) in [5, 5.41) is 0. The molecule has 0 radical (unpaired) electrons. The molecule has 0 N–H and O–H groups in total. The highest BCUT2D eigenvalue weighted by atomic mass is 16.6. The molecule has 0 aliphatic heterocycles. The quantitative estimate of drug-likeness (QED) is 0.0345. The van der Waals surface area contributed by atoms with Crippen LogP contribution in [0.2, 0.25) is 0 Å². The molecule has 0 saturated heterocycles. The van der Waals surface area contributed by atoms with Gasteiger partial charge in [0.15, 0.2) is 6.10 Å². The minimum absolute atomic E-state index is 0.0669. The summed E-state index contributed by atoms with van der Waals surface area (Å²) in [6.07, 6.45) is 71.4. The third-order valence-corrected chi connectivity index (χ3v) is 12.8. The fourth-order valence-corrected chi connectivity index (χ4v) is 8.46. The first-order valence-electron chi connectivity index (χ1n) is 29.2. The second-order valence-corrected chi connectivity index (χ2v) is 19.5. The summed E-state index contributed by atoms with van der Waals surface area (Å²) in [6.45, 7) is 7.81. The van der Waals surface area contributed by atoms with Crippen LogP contribution >= 0.6 is 0 Å². The zero-order chi connectivity index (χ0) is 47.7. The zero-order valence-corrected chi connectivity index (χ0v) is 44.5. The van der Waals surface area contributed by atoms with Gasteiger partial charge in [-0.3, -0.25) is 9.59 Å².